The molecular formula is C31H34Cl2IN3O4S. The molecule has 0 bridgehead atoms. The Hall–Kier alpha value is -2.34. The number of nitrogens with one attached hydrogen (secondary N) is 1. The fourth-order valence-corrected chi connectivity index (χ4v) is 6.58. The number of benzene rings is 3. The monoisotopic (exact) mass is 741 g/mol. The molecule has 224 valence electrons. The fraction of sp³-hybridized carbons (Fsp3) is 0.355. The first kappa shape index (κ1) is 32.6. The highest BCUT2D eigenvalue weighted by molar-refractivity contribution is 14.2. The van der Waals surface area contributed by atoms with E-state index in [0.29, 0.717) is 16.5 Å². The van der Waals surface area contributed by atoms with Crippen LogP contribution in [0.1, 0.15) is 52.7 Å². The maximum atomic E-state index is 13.3. The second kappa shape index (κ2) is 12.7. The summed E-state index contributed by atoms with van der Waals surface area (Å²) in [6.07, 6.45) is -1.21. The van der Waals surface area contributed by atoms with E-state index in [1.54, 1.807) is 41.5 Å². The Kier molecular flexibility index (Phi) is 9.86. The third kappa shape index (κ3) is 7.59. The van der Waals surface area contributed by atoms with E-state index in [1.165, 1.54) is 9.12 Å². The van der Waals surface area contributed by atoms with Gasteiger partial charge in [0.25, 0.3) is 0 Å². The lowest BCUT2D eigenvalue weighted by atomic mass is 10.0. The molecule has 1 N–H and O–H groups in total. The van der Waals surface area contributed by atoms with Crippen LogP contribution in [0.2, 0.25) is 10.0 Å². The van der Waals surface area contributed by atoms with Crippen molar-refractivity contribution in [2.75, 3.05) is 11.9 Å². The first-order valence-electron chi connectivity index (χ1n) is 13.4. The number of aromatic nitrogens is 1. The van der Waals surface area contributed by atoms with Crippen LogP contribution in [0.3, 0.4) is 0 Å². The molecule has 0 radical (unpaired) electrons. The van der Waals surface area contributed by atoms with Crippen LogP contribution in [0.4, 0.5) is 21.0 Å². The predicted octanol–water partition coefficient (Wildman–Crippen LogP) is 10.7. The van der Waals surface area contributed by atoms with Gasteiger partial charge < -0.3 is 14.8 Å². The van der Waals surface area contributed by atoms with E-state index in [2.05, 4.69) is 36.6 Å². The minimum atomic E-state index is -0.793. The third-order valence-electron chi connectivity index (χ3n) is 6.29. The highest BCUT2D eigenvalue weighted by Gasteiger charge is 2.31. The van der Waals surface area contributed by atoms with Gasteiger partial charge in [0.1, 0.15) is 11.2 Å². The maximum absolute atomic E-state index is 13.3. The zero-order chi connectivity index (χ0) is 31.0. The summed E-state index contributed by atoms with van der Waals surface area (Å²) < 4.78 is 13.3. The number of imide groups is 1. The van der Waals surface area contributed by atoms with Gasteiger partial charge in [-0.05, 0) is 96.8 Å². The second-order valence-corrected chi connectivity index (χ2v) is 14.5. The number of nitrogens with zero attached hydrogens (tertiary/aromatic N) is 2. The molecule has 4 aromatic rings. The summed E-state index contributed by atoms with van der Waals surface area (Å²) in [6, 6.07) is 15.7. The molecule has 0 atom stereocenters. The molecule has 0 saturated heterocycles. The average molecular weight is 743 g/mol. The number of fused-ring (bicyclic) bond motifs is 3. The van der Waals surface area contributed by atoms with Crippen LogP contribution in [-0.4, -0.2) is 38.8 Å². The Balaban J connectivity index is 1.86. The Labute approximate surface area is 272 Å². The molecule has 0 aliphatic carbocycles. The number of carbonyl (C=O) groups excluding carboxylic acids is 2. The number of anilines is 2. The van der Waals surface area contributed by atoms with Gasteiger partial charge in [0.15, 0.2) is 0 Å². The maximum Gasteiger partial charge on any atom is 0.419 e. The van der Waals surface area contributed by atoms with Gasteiger partial charge in [0, 0.05) is 74.6 Å². The third-order valence-corrected chi connectivity index (χ3v) is 8.63. The van der Waals surface area contributed by atoms with Gasteiger partial charge in [0.05, 0.1) is 11.0 Å². The molecule has 0 saturated carbocycles. The van der Waals surface area contributed by atoms with Gasteiger partial charge in [-0.3, -0.25) is 3.97 Å². The lowest BCUT2D eigenvalue weighted by Crippen LogP contribution is -2.44. The number of aryl methyl sites for hydroxylation is 1. The van der Waals surface area contributed by atoms with E-state index >= 15 is 0 Å². The Bertz CT molecular complexity index is 1630. The molecule has 11 heteroatoms. The van der Waals surface area contributed by atoms with Gasteiger partial charge in [-0.1, -0.05) is 35.3 Å². The smallest absolute Gasteiger partial charge is 0.419 e. The van der Waals surface area contributed by atoms with Gasteiger partial charge in [-0.2, -0.15) is 0 Å². The quantitative estimate of drug-likeness (QED) is 0.198. The predicted molar refractivity (Wildman–Crippen MR) is 184 cm³/mol. The van der Waals surface area contributed by atoms with E-state index in [0.717, 1.165) is 49.2 Å². The summed E-state index contributed by atoms with van der Waals surface area (Å²) in [5, 5.41) is 6.80. The van der Waals surface area contributed by atoms with Crippen LogP contribution in [0.5, 0.6) is 0 Å². The van der Waals surface area contributed by atoms with E-state index in [1.807, 2.05) is 49.4 Å². The van der Waals surface area contributed by atoms with Gasteiger partial charge in [0.2, 0.25) is 0 Å². The highest BCUT2D eigenvalue weighted by Crippen LogP contribution is 2.41. The fourth-order valence-electron chi connectivity index (χ4n) is 4.49. The summed E-state index contributed by atoms with van der Waals surface area (Å²) in [4.78, 5) is 27.6. The van der Waals surface area contributed by atoms with Crippen molar-refractivity contribution in [3.05, 3.63) is 69.7 Å². The summed E-state index contributed by atoms with van der Waals surface area (Å²) in [5.41, 5.74) is 3.87. The highest BCUT2D eigenvalue weighted by atomic mass is 127. The van der Waals surface area contributed by atoms with Crippen molar-refractivity contribution >= 4 is 98.9 Å². The molecule has 42 heavy (non-hydrogen) atoms. The zero-order valence-corrected chi connectivity index (χ0v) is 29.1. The van der Waals surface area contributed by atoms with Crippen molar-refractivity contribution in [1.29, 1.82) is 0 Å². The van der Waals surface area contributed by atoms with Crippen LogP contribution >= 0.6 is 53.5 Å². The molecule has 1 heterocycles. The first-order chi connectivity index (χ1) is 19.6. The summed E-state index contributed by atoms with van der Waals surface area (Å²) in [7, 11) is 1.53. The normalized spacial score (nSPS) is 12.0. The van der Waals surface area contributed by atoms with E-state index < -0.39 is 23.4 Å². The van der Waals surface area contributed by atoms with Crippen molar-refractivity contribution in [3.63, 3.8) is 0 Å². The second-order valence-electron chi connectivity index (χ2n) is 12.0. The molecule has 0 unspecified atom stereocenters. The molecule has 0 aliphatic rings. The number of ether oxygens (including phenoxy) is 2. The van der Waals surface area contributed by atoms with Crippen molar-refractivity contribution in [1.82, 2.24) is 8.87 Å². The van der Waals surface area contributed by atoms with Crippen LogP contribution in [-0.2, 0) is 15.9 Å². The average Bonchev–Trinajstić information content (AvgIpc) is 3.18. The van der Waals surface area contributed by atoms with Gasteiger partial charge >= 0.3 is 12.2 Å². The van der Waals surface area contributed by atoms with Crippen molar-refractivity contribution in [2.45, 2.75) is 66.1 Å². The first-order valence-corrected chi connectivity index (χ1v) is 17.5. The van der Waals surface area contributed by atoms with Crippen LogP contribution in [0.15, 0.2) is 48.5 Å². The standard InChI is InChI=1S/C31H34Cl2IN3O4S/c1-18-8-10-20(17-24(18)33)35-25-12-11-21-23-16-19(32)9-13-26(23)37(42-34)27(21)22(25)14-15-36(28(38)40-30(2,3)4)29(39)41-31(5,6)7/h8-13,16-17,35H,14-15H2,1-7H3. The van der Waals surface area contributed by atoms with Crippen LogP contribution in [0.25, 0.3) is 21.8 Å². The van der Waals surface area contributed by atoms with Gasteiger partial charge in [-0.15, -0.1) is 0 Å². The van der Waals surface area contributed by atoms with E-state index in [-0.39, 0.29) is 6.54 Å². The molecule has 2 amide bonds. The number of hydrogen-bond acceptors (Lipinski definition) is 6. The molecule has 4 rings (SSSR count). The molecule has 7 nitrogen and oxygen atoms in total. The summed E-state index contributed by atoms with van der Waals surface area (Å²) >= 11 is 15.1. The number of hydrogen-bond donors (Lipinski definition) is 1. The Morgan fingerprint density at radius 2 is 1.57 bits per heavy atom. The van der Waals surface area contributed by atoms with Crippen molar-refractivity contribution in [3.8, 4) is 0 Å². The van der Waals surface area contributed by atoms with Crippen molar-refractivity contribution < 1.29 is 19.1 Å². The molecule has 3 aromatic carbocycles. The lowest BCUT2D eigenvalue weighted by Gasteiger charge is -2.29. The molecule has 0 fully saturated rings. The number of amides is 2. The SMILES string of the molecule is Cc1ccc(Nc2ccc3c4cc(Cl)ccc4n(SI)c3c2CCN(C(=O)OC(C)(C)C)C(=O)OC(C)(C)C)cc1Cl. The topological polar surface area (TPSA) is 72.8 Å². The van der Waals surface area contributed by atoms with E-state index in [4.69, 9.17) is 32.7 Å². The van der Waals surface area contributed by atoms with Crippen LogP contribution in [0, 0.1) is 6.92 Å². The molecular weight excluding hydrogens is 708 g/mol. The van der Waals surface area contributed by atoms with E-state index in [9.17, 15) is 9.59 Å². The number of carbonyl (C=O) groups is 2. The zero-order valence-electron chi connectivity index (χ0n) is 24.6. The minimum Gasteiger partial charge on any atom is -0.443 e. The lowest BCUT2D eigenvalue weighted by molar-refractivity contribution is 0.00172. The van der Waals surface area contributed by atoms with Crippen LogP contribution < -0.4 is 5.32 Å². The van der Waals surface area contributed by atoms with Crippen molar-refractivity contribution in [2.24, 2.45) is 0 Å². The Morgan fingerprint density at radius 1 is 0.929 bits per heavy atom. The number of halogens is 3. The molecule has 0 spiro atoms. The summed E-state index contributed by atoms with van der Waals surface area (Å²) in [5.74, 6) is 0. The molecule has 1 aromatic heterocycles. The number of rotatable bonds is 6. The van der Waals surface area contributed by atoms with Gasteiger partial charge in [-0.25, -0.2) is 14.5 Å². The Morgan fingerprint density at radius 3 is 2.14 bits per heavy atom. The summed E-state index contributed by atoms with van der Waals surface area (Å²) in [6.45, 7) is 12.5. The molecule has 0 aliphatic heterocycles. The minimum absolute atomic E-state index is 0.0282. The largest absolute Gasteiger partial charge is 0.443 e.